The lowest BCUT2D eigenvalue weighted by Crippen LogP contribution is -2.29. The maximum absolute atomic E-state index is 12.2. The molecule has 0 radical (unpaired) electrons. The molecular formula is C15H15NO3S. The Kier molecular flexibility index (Phi) is 3.63. The third-order valence-corrected chi connectivity index (χ3v) is 3.45. The van der Waals surface area contributed by atoms with Gasteiger partial charge in [-0.2, -0.15) is 0 Å². The second-order valence-electron chi connectivity index (χ2n) is 4.70. The number of fused-ring (bicyclic) bond motifs is 1. The number of amides is 1. The van der Waals surface area contributed by atoms with Gasteiger partial charge in [0.15, 0.2) is 5.78 Å². The SMILES string of the molecule is C=S(C)(=O)NC(=O)c1cccc2cccc(C(C)=O)c12. The van der Waals surface area contributed by atoms with Crippen LogP contribution in [0.3, 0.4) is 0 Å². The minimum Gasteiger partial charge on any atom is -0.294 e. The first-order valence-electron chi connectivity index (χ1n) is 5.96. The Morgan fingerprint density at radius 2 is 1.65 bits per heavy atom. The number of hydrogen-bond acceptors (Lipinski definition) is 3. The topological polar surface area (TPSA) is 63.2 Å². The summed E-state index contributed by atoms with van der Waals surface area (Å²) in [7, 11) is -2.66. The molecular weight excluding hydrogens is 274 g/mol. The highest BCUT2D eigenvalue weighted by molar-refractivity contribution is 7.98. The molecule has 0 fully saturated rings. The number of benzene rings is 2. The van der Waals surface area contributed by atoms with Crippen LogP contribution >= 0.6 is 0 Å². The fraction of sp³-hybridized carbons (Fsp3) is 0.133. The Labute approximate surface area is 117 Å². The minimum absolute atomic E-state index is 0.122. The van der Waals surface area contributed by atoms with E-state index in [9.17, 15) is 13.8 Å². The lowest BCUT2D eigenvalue weighted by molar-refractivity contribution is 0.0984. The number of rotatable bonds is 3. The van der Waals surface area contributed by atoms with Crippen LogP contribution in [0, 0.1) is 0 Å². The lowest BCUT2D eigenvalue weighted by atomic mass is 9.97. The second-order valence-corrected chi connectivity index (χ2v) is 6.92. The van der Waals surface area contributed by atoms with Crippen LogP contribution in [0.2, 0.25) is 0 Å². The monoisotopic (exact) mass is 289 g/mol. The smallest absolute Gasteiger partial charge is 0.263 e. The van der Waals surface area contributed by atoms with Crippen molar-refractivity contribution in [2.45, 2.75) is 6.92 Å². The van der Waals surface area contributed by atoms with Gasteiger partial charge in [0, 0.05) is 32.5 Å². The number of carbonyl (C=O) groups is 2. The predicted molar refractivity (Wildman–Crippen MR) is 82.6 cm³/mol. The Morgan fingerprint density at radius 3 is 2.15 bits per heavy atom. The molecule has 1 unspecified atom stereocenters. The molecule has 20 heavy (non-hydrogen) atoms. The third kappa shape index (κ3) is 2.88. The average Bonchev–Trinajstić information content (AvgIpc) is 2.35. The van der Waals surface area contributed by atoms with Crippen molar-refractivity contribution in [1.29, 1.82) is 0 Å². The zero-order valence-corrected chi connectivity index (χ0v) is 12.1. The van der Waals surface area contributed by atoms with E-state index in [0.29, 0.717) is 16.5 Å². The van der Waals surface area contributed by atoms with Crippen molar-refractivity contribution in [3.8, 4) is 0 Å². The summed E-state index contributed by atoms with van der Waals surface area (Å²) in [5, 5.41) is 1.36. The quantitative estimate of drug-likeness (QED) is 0.694. The van der Waals surface area contributed by atoms with Crippen LogP contribution in [0.4, 0.5) is 0 Å². The third-order valence-electron chi connectivity index (χ3n) is 2.84. The van der Waals surface area contributed by atoms with Gasteiger partial charge >= 0.3 is 0 Å². The van der Waals surface area contributed by atoms with Gasteiger partial charge in [-0.25, -0.2) is 4.21 Å². The van der Waals surface area contributed by atoms with E-state index in [0.717, 1.165) is 5.39 Å². The van der Waals surface area contributed by atoms with Crippen LogP contribution < -0.4 is 4.72 Å². The fourth-order valence-corrected chi connectivity index (χ4v) is 2.58. The summed E-state index contributed by atoms with van der Waals surface area (Å²) in [6.45, 7) is 1.45. The van der Waals surface area contributed by atoms with Crippen molar-refractivity contribution in [2.75, 3.05) is 6.26 Å². The normalized spacial score (nSPS) is 13.7. The molecule has 0 saturated carbocycles. The average molecular weight is 289 g/mol. The molecule has 0 aliphatic heterocycles. The van der Waals surface area contributed by atoms with Gasteiger partial charge in [-0.3, -0.25) is 14.3 Å². The molecule has 4 nitrogen and oxygen atoms in total. The maximum atomic E-state index is 12.2. The lowest BCUT2D eigenvalue weighted by Gasteiger charge is -2.11. The molecule has 1 N–H and O–H groups in total. The molecule has 0 heterocycles. The van der Waals surface area contributed by atoms with Crippen LogP contribution in [-0.4, -0.2) is 28.0 Å². The van der Waals surface area contributed by atoms with Crippen LogP contribution in [0.1, 0.15) is 27.6 Å². The van der Waals surface area contributed by atoms with Gasteiger partial charge in [0.25, 0.3) is 5.91 Å². The summed E-state index contributed by atoms with van der Waals surface area (Å²) >= 11 is 0. The van der Waals surface area contributed by atoms with Crippen molar-refractivity contribution < 1.29 is 13.8 Å². The molecule has 1 amide bonds. The molecule has 0 saturated heterocycles. The summed E-state index contributed by atoms with van der Waals surface area (Å²) in [5.74, 6) is 2.79. The molecule has 0 spiro atoms. The summed E-state index contributed by atoms with van der Waals surface area (Å²) in [6, 6.07) is 10.4. The fourth-order valence-electron chi connectivity index (χ4n) is 2.07. The van der Waals surface area contributed by atoms with Gasteiger partial charge in [-0.1, -0.05) is 30.3 Å². The summed E-state index contributed by atoms with van der Waals surface area (Å²) in [4.78, 5) is 23.9. The standard InChI is InChI=1S/C15H15NO3S/c1-10(17)12-8-4-6-11-7-5-9-13(14(11)12)15(18)16-20(2,3)19/h4-9H,2H2,1,3H3,(H,16,18,19). The Bertz CT molecular complexity index is 802. The van der Waals surface area contributed by atoms with Gasteiger partial charge < -0.3 is 0 Å². The van der Waals surface area contributed by atoms with Crippen molar-refractivity contribution in [2.24, 2.45) is 0 Å². The number of carbonyl (C=O) groups excluding carboxylic acids is 2. The molecule has 0 aliphatic carbocycles. The molecule has 2 aromatic rings. The number of ketones is 1. The number of hydrogen-bond donors (Lipinski definition) is 1. The highest BCUT2D eigenvalue weighted by Crippen LogP contribution is 2.23. The first-order valence-corrected chi connectivity index (χ1v) is 8.10. The zero-order chi connectivity index (χ0) is 14.9. The highest BCUT2D eigenvalue weighted by Gasteiger charge is 2.15. The van der Waals surface area contributed by atoms with Crippen LogP contribution in [0.15, 0.2) is 36.4 Å². The molecule has 2 aromatic carbocycles. The second kappa shape index (κ2) is 5.09. The van der Waals surface area contributed by atoms with E-state index in [1.165, 1.54) is 13.2 Å². The first-order chi connectivity index (χ1) is 9.29. The summed E-state index contributed by atoms with van der Waals surface area (Å²) in [5.41, 5.74) is 0.798. The van der Waals surface area contributed by atoms with Crippen molar-refractivity contribution in [3.05, 3.63) is 47.5 Å². The molecule has 0 aromatic heterocycles. The first kappa shape index (κ1) is 14.3. The van der Waals surface area contributed by atoms with E-state index in [1.54, 1.807) is 24.3 Å². The van der Waals surface area contributed by atoms with Gasteiger partial charge in [-0.05, 0) is 24.2 Å². The van der Waals surface area contributed by atoms with Crippen molar-refractivity contribution in [3.63, 3.8) is 0 Å². The van der Waals surface area contributed by atoms with Crippen molar-refractivity contribution in [1.82, 2.24) is 4.72 Å². The van der Waals surface area contributed by atoms with Crippen LogP contribution in [0.25, 0.3) is 10.8 Å². The van der Waals surface area contributed by atoms with Gasteiger partial charge in [-0.15, -0.1) is 0 Å². The summed E-state index contributed by atoms with van der Waals surface area (Å²) < 4.78 is 14.0. The van der Waals surface area contributed by atoms with Crippen molar-refractivity contribution >= 4 is 38.0 Å². The van der Waals surface area contributed by atoms with E-state index in [-0.39, 0.29) is 5.78 Å². The van der Waals surface area contributed by atoms with E-state index in [4.69, 9.17) is 0 Å². The molecule has 5 heteroatoms. The zero-order valence-electron chi connectivity index (χ0n) is 11.3. The predicted octanol–water partition coefficient (Wildman–Crippen LogP) is 2.03. The molecule has 0 aliphatic rings. The highest BCUT2D eigenvalue weighted by atomic mass is 32.2. The summed E-state index contributed by atoms with van der Waals surface area (Å²) in [6.07, 6.45) is 1.35. The van der Waals surface area contributed by atoms with Crippen LogP contribution in [-0.2, 0) is 9.71 Å². The van der Waals surface area contributed by atoms with E-state index in [2.05, 4.69) is 10.6 Å². The van der Waals surface area contributed by atoms with E-state index in [1.807, 2.05) is 12.1 Å². The Hall–Kier alpha value is -2.14. The van der Waals surface area contributed by atoms with E-state index < -0.39 is 15.6 Å². The minimum atomic E-state index is -2.66. The van der Waals surface area contributed by atoms with E-state index >= 15 is 0 Å². The molecule has 104 valence electrons. The Balaban J connectivity index is 2.71. The molecule has 1 atom stereocenters. The Morgan fingerprint density at radius 1 is 1.10 bits per heavy atom. The van der Waals surface area contributed by atoms with Gasteiger partial charge in [0.05, 0.1) is 0 Å². The number of Topliss-reactive ketones (excluding diaryl/α,β-unsaturated/α-hetero) is 1. The van der Waals surface area contributed by atoms with Gasteiger partial charge in [0.2, 0.25) is 0 Å². The molecule has 0 bridgehead atoms. The number of nitrogens with one attached hydrogen (secondary N) is 1. The van der Waals surface area contributed by atoms with Gasteiger partial charge in [0.1, 0.15) is 0 Å². The molecule has 2 rings (SSSR count). The maximum Gasteiger partial charge on any atom is 0.263 e. The van der Waals surface area contributed by atoms with Crippen LogP contribution in [0.5, 0.6) is 0 Å². The largest absolute Gasteiger partial charge is 0.294 e.